The van der Waals surface area contributed by atoms with E-state index in [4.69, 9.17) is 23.2 Å². The molecule has 2 nitrogen and oxygen atoms in total. The summed E-state index contributed by atoms with van der Waals surface area (Å²) in [5.41, 5.74) is 1.00. The summed E-state index contributed by atoms with van der Waals surface area (Å²) >= 11 is 11.9. The lowest BCUT2D eigenvalue weighted by Crippen LogP contribution is -2.30. The third-order valence-corrected chi connectivity index (χ3v) is 3.46. The minimum atomic E-state index is 0.0793. The van der Waals surface area contributed by atoms with E-state index < -0.39 is 0 Å². The van der Waals surface area contributed by atoms with E-state index in [1.54, 1.807) is 6.07 Å². The molecule has 1 rings (SSSR count). The van der Waals surface area contributed by atoms with Crippen LogP contribution >= 0.6 is 23.2 Å². The van der Waals surface area contributed by atoms with Crippen LogP contribution in [0.15, 0.2) is 18.2 Å². The quantitative estimate of drug-likeness (QED) is 0.839. The molecular formula is C14H19Cl2NO. The van der Waals surface area contributed by atoms with E-state index in [2.05, 4.69) is 12.2 Å². The number of rotatable bonds is 6. The Balaban J connectivity index is 2.39. The highest BCUT2D eigenvalue weighted by Gasteiger charge is 2.10. The van der Waals surface area contributed by atoms with Crippen molar-refractivity contribution in [3.63, 3.8) is 0 Å². The van der Waals surface area contributed by atoms with E-state index in [1.165, 1.54) is 0 Å². The first kappa shape index (κ1) is 15.3. The summed E-state index contributed by atoms with van der Waals surface area (Å²) in [6.45, 7) is 4.64. The summed E-state index contributed by atoms with van der Waals surface area (Å²) in [7, 11) is 0. The fourth-order valence-corrected chi connectivity index (χ4v) is 2.29. The zero-order valence-electron chi connectivity index (χ0n) is 10.8. The van der Waals surface area contributed by atoms with Crippen LogP contribution in [-0.4, -0.2) is 12.5 Å². The molecule has 0 fully saturated rings. The van der Waals surface area contributed by atoms with Gasteiger partial charge in [-0.1, -0.05) is 49.5 Å². The van der Waals surface area contributed by atoms with E-state index in [1.807, 2.05) is 19.1 Å². The third-order valence-electron chi connectivity index (χ3n) is 2.88. The second kappa shape index (κ2) is 7.65. The van der Waals surface area contributed by atoms with Gasteiger partial charge in [0.2, 0.25) is 5.91 Å². The van der Waals surface area contributed by atoms with Crippen LogP contribution in [0.3, 0.4) is 0 Å². The Morgan fingerprint density at radius 2 is 2.11 bits per heavy atom. The maximum absolute atomic E-state index is 11.7. The molecular weight excluding hydrogens is 269 g/mol. The van der Waals surface area contributed by atoms with Crippen molar-refractivity contribution in [1.29, 1.82) is 0 Å². The van der Waals surface area contributed by atoms with E-state index in [0.29, 0.717) is 16.6 Å². The zero-order chi connectivity index (χ0) is 13.5. The number of hydrogen-bond donors (Lipinski definition) is 1. The Hall–Kier alpha value is -0.730. The van der Waals surface area contributed by atoms with E-state index >= 15 is 0 Å². The van der Waals surface area contributed by atoms with Gasteiger partial charge in [-0.3, -0.25) is 4.79 Å². The fourth-order valence-electron chi connectivity index (χ4n) is 1.78. The van der Waals surface area contributed by atoms with Gasteiger partial charge >= 0.3 is 0 Å². The third kappa shape index (κ3) is 4.87. The molecule has 0 saturated heterocycles. The Kier molecular flexibility index (Phi) is 6.51. The Morgan fingerprint density at radius 1 is 1.39 bits per heavy atom. The van der Waals surface area contributed by atoms with Crippen LogP contribution in [0.25, 0.3) is 0 Å². The Morgan fingerprint density at radius 3 is 2.72 bits per heavy atom. The van der Waals surface area contributed by atoms with Gasteiger partial charge in [0.15, 0.2) is 0 Å². The molecule has 0 radical (unpaired) electrons. The summed E-state index contributed by atoms with van der Waals surface area (Å²) in [6.07, 6.45) is 2.67. The monoisotopic (exact) mass is 287 g/mol. The molecule has 1 N–H and O–H groups in total. The first-order chi connectivity index (χ1) is 8.54. The lowest BCUT2D eigenvalue weighted by Gasteiger charge is -2.11. The second-order valence-corrected chi connectivity index (χ2v) is 5.31. The molecule has 0 saturated carbocycles. The zero-order valence-corrected chi connectivity index (χ0v) is 12.3. The van der Waals surface area contributed by atoms with Crippen LogP contribution in [-0.2, 0) is 11.2 Å². The Labute approximate surface area is 119 Å². The molecule has 0 aliphatic heterocycles. The summed E-state index contributed by atoms with van der Waals surface area (Å²) in [4.78, 5) is 11.7. The van der Waals surface area contributed by atoms with Crippen molar-refractivity contribution >= 4 is 29.1 Å². The van der Waals surface area contributed by atoms with Crippen molar-refractivity contribution in [3.8, 4) is 0 Å². The molecule has 1 amide bonds. The molecule has 0 aliphatic carbocycles. The van der Waals surface area contributed by atoms with Gasteiger partial charge in [0.25, 0.3) is 0 Å². The number of nitrogens with one attached hydrogen (secondary N) is 1. The summed E-state index contributed by atoms with van der Waals surface area (Å²) in [5, 5.41) is 4.21. The lowest BCUT2D eigenvalue weighted by atomic mass is 10.1. The maximum atomic E-state index is 11.7. The van der Waals surface area contributed by atoms with Crippen molar-refractivity contribution in [2.45, 2.75) is 33.1 Å². The van der Waals surface area contributed by atoms with Gasteiger partial charge in [0, 0.05) is 22.5 Å². The van der Waals surface area contributed by atoms with Gasteiger partial charge < -0.3 is 5.32 Å². The minimum absolute atomic E-state index is 0.0793. The van der Waals surface area contributed by atoms with E-state index in [9.17, 15) is 4.79 Å². The van der Waals surface area contributed by atoms with Crippen LogP contribution in [0.4, 0.5) is 0 Å². The summed E-state index contributed by atoms with van der Waals surface area (Å²) in [5.74, 6) is 0.192. The molecule has 0 heterocycles. The van der Waals surface area contributed by atoms with Gasteiger partial charge in [-0.25, -0.2) is 0 Å². The average Bonchev–Trinajstić information content (AvgIpc) is 2.32. The maximum Gasteiger partial charge on any atom is 0.222 e. The van der Waals surface area contributed by atoms with Crippen LogP contribution in [0.5, 0.6) is 0 Å². The molecule has 1 aromatic rings. The molecule has 0 aliphatic rings. The van der Waals surface area contributed by atoms with Gasteiger partial charge in [-0.2, -0.15) is 0 Å². The average molecular weight is 288 g/mol. The second-order valence-electron chi connectivity index (χ2n) is 4.47. The van der Waals surface area contributed by atoms with Crippen LogP contribution in [0.1, 0.15) is 32.3 Å². The van der Waals surface area contributed by atoms with Gasteiger partial charge in [0.05, 0.1) is 0 Å². The molecule has 1 aromatic carbocycles. The van der Waals surface area contributed by atoms with Crippen molar-refractivity contribution in [2.24, 2.45) is 5.92 Å². The SMILES string of the molecule is CCCC(C)C(=O)NCCc1ccc(Cl)cc1Cl. The van der Waals surface area contributed by atoms with Gasteiger partial charge in [-0.05, 0) is 30.5 Å². The number of carbonyl (C=O) groups is 1. The lowest BCUT2D eigenvalue weighted by molar-refractivity contribution is -0.124. The largest absolute Gasteiger partial charge is 0.356 e. The van der Waals surface area contributed by atoms with Gasteiger partial charge in [0.1, 0.15) is 0 Å². The normalized spacial score (nSPS) is 12.2. The number of amides is 1. The van der Waals surface area contributed by atoms with Crippen molar-refractivity contribution in [3.05, 3.63) is 33.8 Å². The number of benzene rings is 1. The number of hydrogen-bond acceptors (Lipinski definition) is 1. The highest BCUT2D eigenvalue weighted by Crippen LogP contribution is 2.21. The first-order valence-electron chi connectivity index (χ1n) is 6.26. The van der Waals surface area contributed by atoms with Gasteiger partial charge in [-0.15, -0.1) is 0 Å². The van der Waals surface area contributed by atoms with E-state index in [-0.39, 0.29) is 11.8 Å². The van der Waals surface area contributed by atoms with Crippen molar-refractivity contribution in [2.75, 3.05) is 6.54 Å². The van der Waals surface area contributed by atoms with E-state index in [0.717, 1.165) is 24.8 Å². The van der Waals surface area contributed by atoms with Crippen LogP contribution < -0.4 is 5.32 Å². The smallest absolute Gasteiger partial charge is 0.222 e. The molecule has 1 unspecified atom stereocenters. The van der Waals surface area contributed by atoms with Crippen molar-refractivity contribution in [1.82, 2.24) is 5.32 Å². The predicted molar refractivity (Wildman–Crippen MR) is 77.2 cm³/mol. The predicted octanol–water partition coefficient (Wildman–Crippen LogP) is 4.09. The molecule has 0 spiro atoms. The summed E-state index contributed by atoms with van der Waals surface area (Å²) in [6, 6.07) is 5.43. The first-order valence-corrected chi connectivity index (χ1v) is 7.01. The molecule has 18 heavy (non-hydrogen) atoms. The molecule has 100 valence electrons. The minimum Gasteiger partial charge on any atom is -0.356 e. The highest BCUT2D eigenvalue weighted by atomic mass is 35.5. The van der Waals surface area contributed by atoms with Crippen LogP contribution in [0, 0.1) is 5.92 Å². The fraction of sp³-hybridized carbons (Fsp3) is 0.500. The topological polar surface area (TPSA) is 29.1 Å². The standard InChI is InChI=1S/C14H19Cl2NO/c1-3-4-10(2)14(18)17-8-7-11-5-6-12(15)9-13(11)16/h5-6,9-10H,3-4,7-8H2,1-2H3,(H,17,18). The number of carbonyl (C=O) groups excluding carboxylic acids is 1. The number of halogens is 2. The highest BCUT2D eigenvalue weighted by molar-refractivity contribution is 6.35. The molecule has 1 atom stereocenters. The van der Waals surface area contributed by atoms with Crippen LogP contribution in [0.2, 0.25) is 10.0 Å². The summed E-state index contributed by atoms with van der Waals surface area (Å²) < 4.78 is 0. The molecule has 4 heteroatoms. The molecule has 0 aromatic heterocycles. The Bertz CT molecular complexity index is 407. The van der Waals surface area contributed by atoms with Crippen molar-refractivity contribution < 1.29 is 4.79 Å². The molecule has 0 bridgehead atoms.